The van der Waals surface area contributed by atoms with Gasteiger partial charge in [0.05, 0.1) is 0 Å². The second-order valence-electron chi connectivity index (χ2n) is 6.18. The predicted molar refractivity (Wildman–Crippen MR) is 69.7 cm³/mol. The summed E-state index contributed by atoms with van der Waals surface area (Å²) in [5.41, 5.74) is 0.721. The van der Waals surface area contributed by atoms with E-state index in [2.05, 4.69) is 31.0 Å². The Balaban J connectivity index is 1.84. The summed E-state index contributed by atoms with van der Waals surface area (Å²) >= 11 is 0. The summed E-state index contributed by atoms with van der Waals surface area (Å²) in [7, 11) is 0. The smallest absolute Gasteiger partial charge is 0.00533 e. The molecule has 2 atom stereocenters. The second kappa shape index (κ2) is 5.05. The fourth-order valence-corrected chi connectivity index (χ4v) is 2.95. The fraction of sp³-hybridized carbons (Fsp3) is 1.00. The molecular weight excluding hydrogens is 196 g/mol. The van der Waals surface area contributed by atoms with E-state index >= 15 is 0 Å². The lowest BCUT2D eigenvalue weighted by Crippen LogP contribution is -2.44. The van der Waals surface area contributed by atoms with Gasteiger partial charge in [0.2, 0.25) is 0 Å². The van der Waals surface area contributed by atoms with Crippen molar-refractivity contribution in [3.05, 3.63) is 0 Å². The lowest BCUT2D eigenvalue weighted by molar-refractivity contribution is 0.180. The van der Waals surface area contributed by atoms with Crippen molar-refractivity contribution in [1.29, 1.82) is 0 Å². The molecule has 2 heteroatoms. The molecule has 0 bridgehead atoms. The zero-order valence-electron chi connectivity index (χ0n) is 11.3. The molecule has 2 unspecified atom stereocenters. The van der Waals surface area contributed by atoms with Crippen LogP contribution in [0.5, 0.6) is 0 Å². The summed E-state index contributed by atoms with van der Waals surface area (Å²) in [6, 6.07) is 1.38. The molecule has 1 saturated carbocycles. The van der Waals surface area contributed by atoms with Crippen LogP contribution in [0.1, 0.15) is 52.9 Å². The van der Waals surface area contributed by atoms with Crippen molar-refractivity contribution < 1.29 is 0 Å². The minimum atomic E-state index is 0.689. The van der Waals surface area contributed by atoms with Gasteiger partial charge < -0.3 is 10.2 Å². The maximum atomic E-state index is 3.67. The number of hydrogen-bond acceptors (Lipinski definition) is 2. The van der Waals surface area contributed by atoms with Gasteiger partial charge in [0.25, 0.3) is 0 Å². The third-order valence-electron chi connectivity index (χ3n) is 4.59. The van der Waals surface area contributed by atoms with Gasteiger partial charge in [-0.05, 0) is 64.5 Å². The van der Waals surface area contributed by atoms with E-state index in [0.717, 1.165) is 5.41 Å². The Morgan fingerprint density at radius 3 is 2.12 bits per heavy atom. The Kier molecular flexibility index (Phi) is 3.91. The first-order chi connectivity index (χ1) is 7.63. The van der Waals surface area contributed by atoms with Crippen molar-refractivity contribution >= 4 is 0 Å². The summed E-state index contributed by atoms with van der Waals surface area (Å²) in [5, 5.41) is 3.67. The maximum absolute atomic E-state index is 3.67. The number of nitrogens with one attached hydrogen (secondary N) is 1. The number of hydrogen-bond donors (Lipinski definition) is 1. The molecule has 0 aromatic rings. The van der Waals surface area contributed by atoms with Crippen LogP contribution in [-0.4, -0.2) is 36.6 Å². The molecular formula is C14H28N2. The van der Waals surface area contributed by atoms with Crippen molar-refractivity contribution in [3.63, 3.8) is 0 Å². The van der Waals surface area contributed by atoms with Gasteiger partial charge in [0, 0.05) is 18.6 Å². The van der Waals surface area contributed by atoms with E-state index in [1.54, 1.807) is 0 Å². The molecule has 2 rings (SSSR count). The summed E-state index contributed by atoms with van der Waals surface area (Å²) in [6.45, 7) is 11.0. The van der Waals surface area contributed by atoms with Gasteiger partial charge in [0.15, 0.2) is 0 Å². The quantitative estimate of drug-likeness (QED) is 0.793. The minimum absolute atomic E-state index is 0.689. The predicted octanol–water partition coefficient (Wildman–Crippen LogP) is 2.64. The zero-order valence-corrected chi connectivity index (χ0v) is 11.3. The van der Waals surface area contributed by atoms with E-state index < -0.39 is 0 Å². The van der Waals surface area contributed by atoms with Crippen LogP contribution in [0.3, 0.4) is 0 Å². The van der Waals surface area contributed by atoms with Gasteiger partial charge >= 0.3 is 0 Å². The molecule has 1 heterocycles. The van der Waals surface area contributed by atoms with Crippen molar-refractivity contribution in [1.82, 2.24) is 10.2 Å². The van der Waals surface area contributed by atoms with E-state index in [9.17, 15) is 0 Å². The highest BCUT2D eigenvalue weighted by Crippen LogP contribution is 2.49. The summed E-state index contributed by atoms with van der Waals surface area (Å²) in [6.07, 6.45) is 6.95. The average Bonchev–Trinajstić information content (AvgIpc) is 3.01. The Morgan fingerprint density at radius 1 is 1.12 bits per heavy atom. The monoisotopic (exact) mass is 224 g/mol. The van der Waals surface area contributed by atoms with Gasteiger partial charge in [0.1, 0.15) is 0 Å². The SMILES string of the molecule is CCC1(CN2CCC(C)NC(C)CC2)CC1. The first kappa shape index (κ1) is 12.4. The van der Waals surface area contributed by atoms with E-state index in [1.165, 1.54) is 51.7 Å². The van der Waals surface area contributed by atoms with Crippen LogP contribution in [0, 0.1) is 5.41 Å². The third-order valence-corrected chi connectivity index (χ3v) is 4.59. The molecule has 0 aromatic heterocycles. The summed E-state index contributed by atoms with van der Waals surface area (Å²) < 4.78 is 0. The Labute approximate surface area is 101 Å². The van der Waals surface area contributed by atoms with Crippen molar-refractivity contribution in [2.75, 3.05) is 19.6 Å². The van der Waals surface area contributed by atoms with Crippen LogP contribution in [-0.2, 0) is 0 Å². The first-order valence-corrected chi connectivity index (χ1v) is 7.12. The van der Waals surface area contributed by atoms with Crippen molar-refractivity contribution in [2.45, 2.75) is 65.0 Å². The molecule has 0 aromatic carbocycles. The molecule has 0 radical (unpaired) electrons. The standard InChI is InChI=1S/C14H28N2/c1-4-14(7-8-14)11-16-9-5-12(2)15-13(3)6-10-16/h12-13,15H,4-11H2,1-3H3. The maximum Gasteiger partial charge on any atom is 0.00533 e. The van der Waals surface area contributed by atoms with E-state index in [0.29, 0.717) is 12.1 Å². The highest BCUT2D eigenvalue weighted by Gasteiger charge is 2.41. The van der Waals surface area contributed by atoms with E-state index in [4.69, 9.17) is 0 Å². The molecule has 0 spiro atoms. The molecule has 1 N–H and O–H groups in total. The second-order valence-corrected chi connectivity index (χ2v) is 6.18. The fourth-order valence-electron chi connectivity index (χ4n) is 2.95. The van der Waals surface area contributed by atoms with Crippen LogP contribution in [0.2, 0.25) is 0 Å². The molecule has 16 heavy (non-hydrogen) atoms. The Morgan fingerprint density at radius 2 is 1.69 bits per heavy atom. The normalized spacial score (nSPS) is 35.4. The van der Waals surface area contributed by atoms with Gasteiger partial charge in [-0.1, -0.05) is 6.92 Å². The van der Waals surface area contributed by atoms with Crippen LogP contribution in [0.4, 0.5) is 0 Å². The van der Waals surface area contributed by atoms with Crippen molar-refractivity contribution in [3.8, 4) is 0 Å². The summed E-state index contributed by atoms with van der Waals surface area (Å²) in [5.74, 6) is 0. The van der Waals surface area contributed by atoms with Gasteiger partial charge in [-0.25, -0.2) is 0 Å². The number of nitrogens with zero attached hydrogens (tertiary/aromatic N) is 1. The Bertz CT molecular complexity index is 211. The zero-order chi connectivity index (χ0) is 11.6. The van der Waals surface area contributed by atoms with Gasteiger partial charge in [-0.15, -0.1) is 0 Å². The molecule has 1 saturated heterocycles. The number of rotatable bonds is 3. The molecule has 1 aliphatic carbocycles. The van der Waals surface area contributed by atoms with Crippen LogP contribution in [0.15, 0.2) is 0 Å². The van der Waals surface area contributed by atoms with Crippen LogP contribution >= 0.6 is 0 Å². The first-order valence-electron chi connectivity index (χ1n) is 7.12. The minimum Gasteiger partial charge on any atom is -0.312 e. The van der Waals surface area contributed by atoms with Crippen LogP contribution < -0.4 is 5.32 Å². The highest BCUT2D eigenvalue weighted by molar-refractivity contribution is 4.94. The Hall–Kier alpha value is -0.0800. The molecule has 2 fully saturated rings. The van der Waals surface area contributed by atoms with Gasteiger partial charge in [-0.2, -0.15) is 0 Å². The lowest BCUT2D eigenvalue weighted by atomic mass is 10.0. The molecule has 1 aliphatic heterocycles. The largest absolute Gasteiger partial charge is 0.312 e. The third kappa shape index (κ3) is 3.21. The van der Waals surface area contributed by atoms with Crippen molar-refractivity contribution in [2.24, 2.45) is 5.41 Å². The molecule has 2 aliphatic rings. The van der Waals surface area contributed by atoms with Gasteiger partial charge in [-0.3, -0.25) is 0 Å². The van der Waals surface area contributed by atoms with E-state index in [-0.39, 0.29) is 0 Å². The lowest BCUT2D eigenvalue weighted by Gasteiger charge is -2.33. The average molecular weight is 224 g/mol. The van der Waals surface area contributed by atoms with E-state index in [1.807, 2.05) is 0 Å². The molecule has 94 valence electrons. The molecule has 2 nitrogen and oxygen atoms in total. The highest BCUT2D eigenvalue weighted by atomic mass is 15.1. The summed E-state index contributed by atoms with van der Waals surface area (Å²) in [4.78, 5) is 2.73. The molecule has 0 amide bonds. The topological polar surface area (TPSA) is 15.3 Å². The van der Waals surface area contributed by atoms with Crippen LogP contribution in [0.25, 0.3) is 0 Å².